The van der Waals surface area contributed by atoms with Gasteiger partial charge < -0.3 is 19.5 Å². The van der Waals surface area contributed by atoms with Crippen molar-refractivity contribution in [1.29, 1.82) is 0 Å². The highest BCUT2D eigenvalue weighted by Gasteiger charge is 2.40. The summed E-state index contributed by atoms with van der Waals surface area (Å²) in [6.45, 7) is 2.28. The van der Waals surface area contributed by atoms with Crippen LogP contribution in [-0.4, -0.2) is 58.5 Å². The van der Waals surface area contributed by atoms with Gasteiger partial charge in [-0.05, 0) is 12.8 Å². The van der Waals surface area contributed by atoms with E-state index in [-0.39, 0.29) is 12.0 Å². The summed E-state index contributed by atoms with van der Waals surface area (Å²) in [4.78, 5) is 20.5. The minimum absolute atomic E-state index is 0.236. The summed E-state index contributed by atoms with van der Waals surface area (Å²) < 4.78 is 45.0. The van der Waals surface area contributed by atoms with E-state index in [4.69, 9.17) is 19.2 Å². The van der Waals surface area contributed by atoms with E-state index in [2.05, 4.69) is 15.4 Å². The molecule has 1 saturated carbocycles. The minimum atomic E-state index is -2.34. The van der Waals surface area contributed by atoms with Crippen molar-refractivity contribution in [3.8, 4) is 11.6 Å². The smallest absolute Gasteiger partial charge is 0.241 e. The lowest BCUT2D eigenvalue weighted by Crippen LogP contribution is -2.37. The molecular formula is C23H25F2N5O4. The number of halogens is 2. The predicted molar refractivity (Wildman–Crippen MR) is 118 cm³/mol. The van der Waals surface area contributed by atoms with E-state index in [1.165, 1.54) is 6.92 Å². The van der Waals surface area contributed by atoms with E-state index in [1.54, 1.807) is 42.4 Å². The molecule has 0 spiro atoms. The van der Waals surface area contributed by atoms with Crippen LogP contribution < -0.4 is 10.1 Å². The lowest BCUT2D eigenvalue weighted by molar-refractivity contribution is -0.114. The molecule has 4 heterocycles. The summed E-state index contributed by atoms with van der Waals surface area (Å²) >= 11 is 0. The maximum Gasteiger partial charge on any atom is 0.241 e. The van der Waals surface area contributed by atoms with Gasteiger partial charge in [-0.2, -0.15) is 5.10 Å². The number of pyridine rings is 2. The Morgan fingerprint density at radius 1 is 1.29 bits per heavy atom. The van der Waals surface area contributed by atoms with E-state index in [9.17, 15) is 13.6 Å². The molecule has 3 aromatic heterocycles. The number of amides is 1. The molecule has 1 saturated heterocycles. The second-order valence-electron chi connectivity index (χ2n) is 8.72. The largest absolute Gasteiger partial charge is 0.490 e. The van der Waals surface area contributed by atoms with Crippen LogP contribution in [0.1, 0.15) is 31.9 Å². The van der Waals surface area contributed by atoms with Crippen LogP contribution in [-0.2, 0) is 19.9 Å². The van der Waals surface area contributed by atoms with Crippen molar-refractivity contribution >= 4 is 22.6 Å². The summed E-state index contributed by atoms with van der Waals surface area (Å²) in [5.41, 5.74) is 0.555. The Hall–Kier alpha value is -3.18. The first kappa shape index (κ1) is 22.6. The van der Waals surface area contributed by atoms with E-state index in [1.807, 2.05) is 0 Å². The zero-order chi connectivity index (χ0) is 23.9. The molecule has 1 amide bonds. The number of nitrogens with one attached hydrogen (secondary N) is 1. The molecule has 2 aliphatic rings. The molecule has 1 aliphatic heterocycles. The van der Waals surface area contributed by atoms with Crippen LogP contribution in [0.3, 0.4) is 0 Å². The number of alkyl halides is 2. The number of carbonyl (C=O) groups excluding carboxylic acids is 1. The normalized spacial score (nSPS) is 24.4. The fourth-order valence-electron chi connectivity index (χ4n) is 4.37. The molecule has 1 unspecified atom stereocenters. The van der Waals surface area contributed by atoms with Gasteiger partial charge in [0.05, 0.1) is 30.1 Å². The topological polar surface area (TPSA) is 100 Å². The van der Waals surface area contributed by atoms with Gasteiger partial charge in [-0.1, -0.05) is 0 Å². The lowest BCUT2D eigenvalue weighted by atomic mass is 9.82. The van der Waals surface area contributed by atoms with E-state index >= 15 is 0 Å². The predicted octanol–water partition coefficient (Wildman–Crippen LogP) is 3.46. The number of methoxy groups -OCH3 is 1. The molecule has 0 bridgehead atoms. The monoisotopic (exact) mass is 473 g/mol. The highest BCUT2D eigenvalue weighted by Crippen LogP contribution is 2.39. The number of ether oxygens (including phenoxy) is 3. The summed E-state index contributed by atoms with van der Waals surface area (Å²) in [5, 5.41) is 7.89. The third-order valence-corrected chi connectivity index (χ3v) is 6.39. The van der Waals surface area contributed by atoms with Crippen LogP contribution in [0.5, 0.6) is 5.75 Å². The molecule has 3 aromatic rings. The van der Waals surface area contributed by atoms with Crippen LogP contribution >= 0.6 is 0 Å². The number of fused-ring (bicyclic) bond motifs is 1. The Labute approximate surface area is 194 Å². The van der Waals surface area contributed by atoms with Crippen molar-refractivity contribution in [2.75, 3.05) is 25.6 Å². The van der Waals surface area contributed by atoms with Gasteiger partial charge in [0, 0.05) is 62.8 Å². The zero-order valence-corrected chi connectivity index (χ0v) is 18.8. The number of rotatable bonds is 7. The Bertz CT molecular complexity index is 1210. The first-order valence-electron chi connectivity index (χ1n) is 11.1. The van der Waals surface area contributed by atoms with Gasteiger partial charge in [0.2, 0.25) is 12.3 Å². The van der Waals surface area contributed by atoms with Crippen LogP contribution in [0.15, 0.2) is 30.6 Å². The quantitative estimate of drug-likeness (QED) is 0.561. The SMILES string of the molecule is COC1(c2cc(OC3CC(C(F)F)C3)cc(-n3ncc4cnc(NC(C)=O)cc43)n2)CCOC1. The van der Waals surface area contributed by atoms with Crippen LogP contribution in [0.25, 0.3) is 16.7 Å². The minimum Gasteiger partial charge on any atom is -0.490 e. The van der Waals surface area contributed by atoms with Gasteiger partial charge in [-0.3, -0.25) is 4.79 Å². The Kier molecular flexibility index (Phi) is 5.90. The molecule has 180 valence electrons. The Morgan fingerprint density at radius 3 is 2.79 bits per heavy atom. The summed E-state index contributed by atoms with van der Waals surface area (Å²) in [6.07, 6.45) is 1.87. The average Bonchev–Trinajstić information content (AvgIpc) is 3.43. The summed E-state index contributed by atoms with van der Waals surface area (Å²) in [6, 6.07) is 5.22. The number of anilines is 1. The number of aromatic nitrogens is 4. The lowest BCUT2D eigenvalue weighted by Gasteiger charge is -2.35. The van der Waals surface area contributed by atoms with Crippen molar-refractivity contribution in [3.05, 3.63) is 36.3 Å². The zero-order valence-electron chi connectivity index (χ0n) is 18.8. The highest BCUT2D eigenvalue weighted by atomic mass is 19.3. The molecule has 2 fully saturated rings. The van der Waals surface area contributed by atoms with Crippen molar-refractivity contribution < 1.29 is 27.8 Å². The Balaban J connectivity index is 1.55. The van der Waals surface area contributed by atoms with E-state index < -0.39 is 17.9 Å². The van der Waals surface area contributed by atoms with E-state index in [0.29, 0.717) is 61.1 Å². The number of carbonyl (C=O) groups is 1. The molecule has 11 heteroatoms. The van der Waals surface area contributed by atoms with Gasteiger partial charge in [-0.25, -0.2) is 23.4 Å². The molecule has 1 atom stereocenters. The molecular weight excluding hydrogens is 448 g/mol. The molecule has 1 N–H and O–H groups in total. The Morgan fingerprint density at radius 2 is 2.12 bits per heavy atom. The fourth-order valence-corrected chi connectivity index (χ4v) is 4.37. The maximum absolute atomic E-state index is 12.9. The fraction of sp³-hybridized carbons (Fsp3) is 0.478. The van der Waals surface area contributed by atoms with E-state index in [0.717, 1.165) is 5.39 Å². The number of nitrogens with zero attached hydrogens (tertiary/aromatic N) is 4. The molecule has 1 aliphatic carbocycles. The molecule has 34 heavy (non-hydrogen) atoms. The van der Waals surface area contributed by atoms with Crippen molar-refractivity contribution in [2.45, 2.75) is 44.3 Å². The van der Waals surface area contributed by atoms with Crippen molar-refractivity contribution in [2.24, 2.45) is 5.92 Å². The van der Waals surface area contributed by atoms with Crippen molar-refractivity contribution in [3.63, 3.8) is 0 Å². The second-order valence-corrected chi connectivity index (χ2v) is 8.72. The molecule has 9 nitrogen and oxygen atoms in total. The van der Waals surface area contributed by atoms with Gasteiger partial charge in [0.1, 0.15) is 17.2 Å². The number of hydrogen-bond donors (Lipinski definition) is 1. The molecule has 0 aromatic carbocycles. The standard InChI is InChI=1S/C23H25F2N5O4/c1-13(31)28-20-9-18-15(10-26-20)11-27-30(18)21-8-17(34-16-5-14(6-16)22(24)25)7-19(29-21)23(32-2)3-4-33-12-23/h7-11,14,16,22H,3-6,12H2,1-2H3,(H,26,28,31). The molecule has 5 rings (SSSR count). The maximum atomic E-state index is 12.9. The average molecular weight is 473 g/mol. The van der Waals surface area contributed by atoms with Gasteiger partial charge in [0.25, 0.3) is 0 Å². The third-order valence-electron chi connectivity index (χ3n) is 6.39. The van der Waals surface area contributed by atoms with Crippen molar-refractivity contribution in [1.82, 2.24) is 19.7 Å². The first-order chi connectivity index (χ1) is 16.4. The van der Waals surface area contributed by atoms with Crippen LogP contribution in [0, 0.1) is 5.92 Å². The molecule has 0 radical (unpaired) electrons. The number of hydrogen-bond acceptors (Lipinski definition) is 7. The second kappa shape index (κ2) is 8.88. The van der Waals surface area contributed by atoms with Crippen LogP contribution in [0.4, 0.5) is 14.6 Å². The third kappa shape index (κ3) is 4.21. The van der Waals surface area contributed by atoms with Gasteiger partial charge >= 0.3 is 0 Å². The summed E-state index contributed by atoms with van der Waals surface area (Å²) in [7, 11) is 1.61. The highest BCUT2D eigenvalue weighted by molar-refractivity contribution is 5.90. The van der Waals surface area contributed by atoms with Gasteiger partial charge in [-0.15, -0.1) is 0 Å². The van der Waals surface area contributed by atoms with Crippen LogP contribution in [0.2, 0.25) is 0 Å². The first-order valence-corrected chi connectivity index (χ1v) is 11.1. The summed E-state index contributed by atoms with van der Waals surface area (Å²) in [5.74, 6) is 0.490. The van der Waals surface area contributed by atoms with Gasteiger partial charge in [0.15, 0.2) is 5.82 Å².